The van der Waals surface area contributed by atoms with Gasteiger partial charge in [-0.05, 0) is 74.2 Å². The summed E-state index contributed by atoms with van der Waals surface area (Å²) in [5.41, 5.74) is 3.56. The number of nitriles is 1. The second-order valence-electron chi connectivity index (χ2n) is 7.88. The number of nitrogens with zero attached hydrogens (tertiary/aromatic N) is 3. The molecule has 0 N–H and O–H groups in total. The second-order valence-corrected chi connectivity index (χ2v) is 7.88. The maximum Gasteiger partial charge on any atom is 0.420 e. The Morgan fingerprint density at radius 2 is 1.84 bits per heavy atom. The third kappa shape index (κ3) is 4.29. The fourth-order valence-corrected chi connectivity index (χ4v) is 4.01. The third-order valence-corrected chi connectivity index (χ3v) is 5.62. The molecule has 0 bridgehead atoms. The first-order valence-corrected chi connectivity index (χ1v) is 10.2. The van der Waals surface area contributed by atoms with Gasteiger partial charge in [0.05, 0.1) is 22.7 Å². The molecule has 7 heteroatoms. The van der Waals surface area contributed by atoms with E-state index in [4.69, 9.17) is 10.00 Å². The summed E-state index contributed by atoms with van der Waals surface area (Å²) in [4.78, 5) is 7.01. The lowest BCUT2D eigenvalue weighted by atomic mass is 10.0. The van der Waals surface area contributed by atoms with Crippen molar-refractivity contribution in [3.8, 4) is 11.8 Å². The van der Waals surface area contributed by atoms with Gasteiger partial charge in [0.25, 0.3) is 0 Å². The molecule has 2 heterocycles. The second kappa shape index (κ2) is 8.10. The zero-order valence-electron chi connectivity index (χ0n) is 17.4. The molecule has 0 atom stereocenters. The number of ether oxygens (including phenoxy) is 1. The average Bonchev–Trinajstić information content (AvgIpc) is 3.26. The van der Waals surface area contributed by atoms with Gasteiger partial charge in [0.15, 0.2) is 0 Å². The Morgan fingerprint density at radius 3 is 2.52 bits per heavy atom. The van der Waals surface area contributed by atoms with Gasteiger partial charge in [0, 0.05) is 29.9 Å². The highest BCUT2D eigenvalue weighted by Gasteiger charge is 2.34. The molecule has 4 rings (SSSR count). The Labute approximate surface area is 178 Å². The molecule has 4 nitrogen and oxygen atoms in total. The van der Waals surface area contributed by atoms with Crippen molar-refractivity contribution in [3.63, 3.8) is 0 Å². The van der Waals surface area contributed by atoms with E-state index >= 15 is 0 Å². The van der Waals surface area contributed by atoms with Crippen LogP contribution >= 0.6 is 0 Å². The Balaban J connectivity index is 1.67. The van der Waals surface area contributed by atoms with Gasteiger partial charge in [-0.25, -0.2) is 0 Å². The number of hydrogen-bond acceptors (Lipinski definition) is 4. The van der Waals surface area contributed by atoms with E-state index < -0.39 is 11.7 Å². The highest BCUT2D eigenvalue weighted by Crippen LogP contribution is 2.37. The number of benzene rings is 2. The van der Waals surface area contributed by atoms with Crippen LogP contribution in [-0.2, 0) is 12.8 Å². The number of rotatable bonds is 4. The smallest absolute Gasteiger partial charge is 0.420 e. The van der Waals surface area contributed by atoms with Crippen LogP contribution in [0.5, 0.6) is 5.75 Å². The number of pyridine rings is 1. The molecule has 2 aromatic carbocycles. The molecule has 0 radical (unpaired) electrons. The van der Waals surface area contributed by atoms with Crippen LogP contribution in [0.15, 0.2) is 36.4 Å². The molecule has 1 fully saturated rings. The monoisotopic (exact) mass is 425 g/mol. The van der Waals surface area contributed by atoms with Gasteiger partial charge in [-0.15, -0.1) is 0 Å². The summed E-state index contributed by atoms with van der Waals surface area (Å²) in [6.07, 6.45) is -2.27. The molecule has 1 aliphatic rings. The summed E-state index contributed by atoms with van der Waals surface area (Å²) in [5.74, 6) is -0.291. The van der Waals surface area contributed by atoms with Crippen molar-refractivity contribution in [3.05, 3.63) is 64.3 Å². The fraction of sp³-hybridized carbons (Fsp3) is 0.333. The van der Waals surface area contributed by atoms with Gasteiger partial charge >= 0.3 is 6.18 Å². The first-order valence-electron chi connectivity index (χ1n) is 10.2. The molecule has 1 aliphatic heterocycles. The summed E-state index contributed by atoms with van der Waals surface area (Å²) in [6, 6.07) is 11.1. The van der Waals surface area contributed by atoms with Crippen LogP contribution in [0, 0.1) is 25.2 Å². The van der Waals surface area contributed by atoms with E-state index in [9.17, 15) is 13.2 Å². The zero-order valence-corrected chi connectivity index (χ0v) is 17.4. The van der Waals surface area contributed by atoms with Crippen LogP contribution < -0.4 is 9.64 Å². The lowest BCUT2D eigenvalue weighted by Gasteiger charge is -2.21. The van der Waals surface area contributed by atoms with Crippen molar-refractivity contribution >= 4 is 16.6 Å². The Bertz CT molecular complexity index is 1180. The topological polar surface area (TPSA) is 49.1 Å². The molecule has 3 aromatic rings. The van der Waals surface area contributed by atoms with E-state index in [1.807, 2.05) is 26.0 Å². The molecular weight excluding hydrogens is 403 g/mol. The maximum absolute atomic E-state index is 13.4. The molecule has 160 valence electrons. The summed E-state index contributed by atoms with van der Waals surface area (Å²) in [6.45, 7) is 5.88. The van der Waals surface area contributed by atoms with Gasteiger partial charge < -0.3 is 9.64 Å². The minimum Gasteiger partial charge on any atom is -0.488 e. The number of fused-ring (bicyclic) bond motifs is 1. The highest BCUT2D eigenvalue weighted by atomic mass is 19.4. The molecule has 0 spiro atoms. The number of aryl methyl sites for hydroxylation is 2. The summed E-state index contributed by atoms with van der Waals surface area (Å²) in [7, 11) is 0. The number of aromatic nitrogens is 1. The summed E-state index contributed by atoms with van der Waals surface area (Å²) in [5, 5.41) is 9.96. The zero-order chi connectivity index (χ0) is 22.2. The quantitative estimate of drug-likeness (QED) is 0.521. The highest BCUT2D eigenvalue weighted by molar-refractivity contribution is 5.93. The Morgan fingerprint density at radius 1 is 1.10 bits per heavy atom. The van der Waals surface area contributed by atoms with Gasteiger partial charge in [0.2, 0.25) is 0 Å². The van der Waals surface area contributed by atoms with E-state index in [0.29, 0.717) is 0 Å². The van der Waals surface area contributed by atoms with E-state index in [0.717, 1.165) is 52.6 Å². The lowest BCUT2D eigenvalue weighted by Crippen LogP contribution is -2.18. The fourth-order valence-electron chi connectivity index (χ4n) is 4.01. The van der Waals surface area contributed by atoms with Crippen molar-refractivity contribution in [2.24, 2.45) is 0 Å². The largest absolute Gasteiger partial charge is 0.488 e. The molecule has 31 heavy (non-hydrogen) atoms. The van der Waals surface area contributed by atoms with Gasteiger partial charge in [-0.2, -0.15) is 18.4 Å². The number of alkyl halides is 3. The van der Waals surface area contributed by atoms with E-state index in [2.05, 4.69) is 16.0 Å². The molecular formula is C24H22F3N3O. The van der Waals surface area contributed by atoms with Gasteiger partial charge in [-0.1, -0.05) is 0 Å². The number of anilines is 1. The van der Waals surface area contributed by atoms with Gasteiger partial charge in [-0.3, -0.25) is 4.98 Å². The predicted octanol–water partition coefficient (Wildman–Crippen LogP) is 5.92. The average molecular weight is 425 g/mol. The SMILES string of the molecule is Cc1cc(N2CCCC2)c2cc(C)c(COc3ccc(C#N)cc3C(F)(F)F)cc2n1. The molecule has 0 saturated carbocycles. The van der Waals surface area contributed by atoms with Crippen LogP contribution in [0.1, 0.15) is 40.8 Å². The van der Waals surface area contributed by atoms with Crippen LogP contribution in [-0.4, -0.2) is 18.1 Å². The van der Waals surface area contributed by atoms with Crippen LogP contribution in [0.4, 0.5) is 18.9 Å². The van der Waals surface area contributed by atoms with Crippen LogP contribution in [0.25, 0.3) is 10.9 Å². The van der Waals surface area contributed by atoms with Crippen molar-refractivity contribution < 1.29 is 17.9 Å². The first kappa shape index (κ1) is 21.0. The van der Waals surface area contributed by atoms with E-state index in [1.165, 1.54) is 25.0 Å². The molecule has 1 aromatic heterocycles. The van der Waals surface area contributed by atoms with Crippen LogP contribution in [0.3, 0.4) is 0 Å². The van der Waals surface area contributed by atoms with Gasteiger partial charge in [0.1, 0.15) is 12.4 Å². The van der Waals surface area contributed by atoms with Crippen molar-refractivity contribution in [2.75, 3.05) is 18.0 Å². The number of halogens is 3. The van der Waals surface area contributed by atoms with Crippen molar-refractivity contribution in [1.29, 1.82) is 5.26 Å². The molecule has 1 saturated heterocycles. The molecule has 0 aliphatic carbocycles. The standard InChI is InChI=1S/C24H22F3N3O/c1-15-9-19-21(29-16(2)10-22(19)30-7-3-4-8-30)12-18(15)14-31-23-6-5-17(13-28)11-20(23)24(25,26)27/h5-6,9-12H,3-4,7-8,14H2,1-2H3. The molecule has 0 unspecified atom stereocenters. The lowest BCUT2D eigenvalue weighted by molar-refractivity contribution is -0.139. The minimum atomic E-state index is -4.61. The van der Waals surface area contributed by atoms with Crippen molar-refractivity contribution in [1.82, 2.24) is 4.98 Å². The number of hydrogen-bond donors (Lipinski definition) is 0. The van der Waals surface area contributed by atoms with E-state index in [1.54, 1.807) is 6.07 Å². The minimum absolute atomic E-state index is 0.0224. The Kier molecular flexibility index (Phi) is 5.48. The third-order valence-electron chi connectivity index (χ3n) is 5.62. The summed E-state index contributed by atoms with van der Waals surface area (Å²) >= 11 is 0. The summed E-state index contributed by atoms with van der Waals surface area (Å²) < 4.78 is 45.8. The maximum atomic E-state index is 13.4. The Hall–Kier alpha value is -3.27. The normalized spacial score (nSPS) is 14.1. The van der Waals surface area contributed by atoms with Crippen molar-refractivity contribution in [2.45, 2.75) is 39.5 Å². The van der Waals surface area contributed by atoms with E-state index in [-0.39, 0.29) is 17.9 Å². The molecule has 0 amide bonds. The van der Waals surface area contributed by atoms with Crippen LogP contribution in [0.2, 0.25) is 0 Å². The predicted molar refractivity (Wildman–Crippen MR) is 113 cm³/mol. The first-order chi connectivity index (χ1) is 14.8.